The topological polar surface area (TPSA) is 67.4 Å². The molecular weight excluding hydrogens is 280 g/mol. The van der Waals surface area contributed by atoms with Gasteiger partial charge in [-0.1, -0.05) is 6.92 Å². The minimum atomic E-state index is -0.472. The molecular formula is C17H26N2O3. The number of amides is 1. The first-order valence-electron chi connectivity index (χ1n) is 7.66. The van der Waals surface area contributed by atoms with Crippen LogP contribution in [0, 0.1) is 0 Å². The number of Topliss-reactive ketones (excluding diaryl/α,β-unsaturated/α-hetero) is 1. The van der Waals surface area contributed by atoms with Gasteiger partial charge in [-0.3, -0.25) is 4.79 Å². The van der Waals surface area contributed by atoms with Crippen molar-refractivity contribution in [3.63, 3.8) is 0 Å². The molecule has 5 heteroatoms. The Labute approximate surface area is 132 Å². The summed E-state index contributed by atoms with van der Waals surface area (Å²) in [6.45, 7) is 8.64. The van der Waals surface area contributed by atoms with Crippen molar-refractivity contribution in [2.45, 2.75) is 46.1 Å². The van der Waals surface area contributed by atoms with Gasteiger partial charge in [0.2, 0.25) is 0 Å². The minimum Gasteiger partial charge on any atom is -0.444 e. The van der Waals surface area contributed by atoms with Crippen molar-refractivity contribution >= 4 is 17.6 Å². The third-order valence-corrected chi connectivity index (χ3v) is 2.88. The molecule has 2 N–H and O–H groups in total. The van der Waals surface area contributed by atoms with Gasteiger partial charge in [0.05, 0.1) is 0 Å². The highest BCUT2D eigenvalue weighted by atomic mass is 16.6. The predicted octanol–water partition coefficient (Wildman–Crippen LogP) is 3.61. The fourth-order valence-electron chi connectivity index (χ4n) is 1.80. The van der Waals surface area contributed by atoms with Gasteiger partial charge in [0.25, 0.3) is 0 Å². The Morgan fingerprint density at radius 2 is 1.73 bits per heavy atom. The van der Waals surface area contributed by atoms with Crippen molar-refractivity contribution in [3.8, 4) is 0 Å². The van der Waals surface area contributed by atoms with Gasteiger partial charge >= 0.3 is 6.09 Å². The Bertz CT molecular complexity index is 490. The van der Waals surface area contributed by atoms with E-state index in [0.717, 1.165) is 24.2 Å². The SMILES string of the molecule is CCC(=O)c1ccc(NCCCNC(=O)OC(C)(C)C)cc1. The molecule has 0 aliphatic rings. The van der Waals surface area contributed by atoms with Crippen LogP contribution in [-0.2, 0) is 4.74 Å². The van der Waals surface area contributed by atoms with Crippen LogP contribution < -0.4 is 10.6 Å². The molecule has 0 saturated heterocycles. The fourth-order valence-corrected chi connectivity index (χ4v) is 1.80. The van der Waals surface area contributed by atoms with Gasteiger partial charge in [0.15, 0.2) is 5.78 Å². The van der Waals surface area contributed by atoms with Crippen molar-refractivity contribution in [2.24, 2.45) is 0 Å². The van der Waals surface area contributed by atoms with Crippen molar-refractivity contribution in [1.82, 2.24) is 5.32 Å². The largest absolute Gasteiger partial charge is 0.444 e. The van der Waals surface area contributed by atoms with Gasteiger partial charge in [-0.15, -0.1) is 0 Å². The lowest BCUT2D eigenvalue weighted by molar-refractivity contribution is 0.0527. The van der Waals surface area contributed by atoms with E-state index in [2.05, 4.69) is 10.6 Å². The number of hydrogen-bond acceptors (Lipinski definition) is 4. The van der Waals surface area contributed by atoms with E-state index < -0.39 is 11.7 Å². The van der Waals surface area contributed by atoms with Crippen LogP contribution >= 0.6 is 0 Å². The summed E-state index contributed by atoms with van der Waals surface area (Å²) in [5.74, 6) is 0.146. The zero-order chi connectivity index (χ0) is 16.6. The van der Waals surface area contributed by atoms with Crippen LogP contribution in [0.5, 0.6) is 0 Å². The molecule has 0 bridgehead atoms. The van der Waals surface area contributed by atoms with Gasteiger partial charge in [0, 0.05) is 30.8 Å². The number of carbonyl (C=O) groups is 2. The molecule has 0 unspecified atom stereocenters. The maximum Gasteiger partial charge on any atom is 0.407 e. The molecule has 0 aromatic heterocycles. The summed E-state index contributed by atoms with van der Waals surface area (Å²) in [5.41, 5.74) is 1.23. The second-order valence-electron chi connectivity index (χ2n) is 6.06. The number of alkyl carbamates (subject to hydrolysis) is 1. The molecule has 0 heterocycles. The first-order valence-corrected chi connectivity index (χ1v) is 7.66. The Morgan fingerprint density at radius 1 is 1.09 bits per heavy atom. The third kappa shape index (κ3) is 7.11. The molecule has 5 nitrogen and oxygen atoms in total. The second kappa shape index (κ2) is 8.41. The summed E-state index contributed by atoms with van der Waals surface area (Å²) in [5, 5.41) is 5.96. The predicted molar refractivity (Wildman–Crippen MR) is 88.4 cm³/mol. The number of hydrogen-bond donors (Lipinski definition) is 2. The smallest absolute Gasteiger partial charge is 0.407 e. The Kier molecular flexibility index (Phi) is 6.89. The average molecular weight is 306 g/mol. The van der Waals surface area contributed by atoms with Crippen molar-refractivity contribution < 1.29 is 14.3 Å². The number of ketones is 1. The van der Waals surface area contributed by atoms with Gasteiger partial charge in [0.1, 0.15) is 5.60 Å². The summed E-state index contributed by atoms with van der Waals surface area (Å²) >= 11 is 0. The molecule has 0 aliphatic heterocycles. The van der Waals surface area contributed by atoms with Crippen molar-refractivity contribution in [1.29, 1.82) is 0 Å². The molecule has 0 atom stereocenters. The van der Waals surface area contributed by atoms with E-state index in [4.69, 9.17) is 4.74 Å². The lowest BCUT2D eigenvalue weighted by Crippen LogP contribution is -2.33. The van der Waals surface area contributed by atoms with Gasteiger partial charge < -0.3 is 15.4 Å². The Balaban J connectivity index is 2.22. The summed E-state index contributed by atoms with van der Waals surface area (Å²) in [6, 6.07) is 7.44. The molecule has 122 valence electrons. The van der Waals surface area contributed by atoms with Crippen LogP contribution in [0.25, 0.3) is 0 Å². The summed E-state index contributed by atoms with van der Waals surface area (Å²) in [6.07, 6.45) is 0.910. The molecule has 0 radical (unpaired) electrons. The second-order valence-corrected chi connectivity index (χ2v) is 6.06. The first-order chi connectivity index (χ1) is 10.3. The fraction of sp³-hybridized carbons (Fsp3) is 0.529. The van der Waals surface area contributed by atoms with E-state index in [1.807, 2.05) is 52.0 Å². The first kappa shape index (κ1) is 18.0. The lowest BCUT2D eigenvalue weighted by atomic mass is 10.1. The van der Waals surface area contributed by atoms with Crippen LogP contribution in [0.15, 0.2) is 24.3 Å². The maximum atomic E-state index is 11.5. The van der Waals surface area contributed by atoms with E-state index >= 15 is 0 Å². The quantitative estimate of drug-likeness (QED) is 0.596. The number of carbonyl (C=O) groups excluding carboxylic acids is 2. The van der Waals surface area contributed by atoms with Crippen LogP contribution in [0.1, 0.15) is 50.9 Å². The normalized spacial score (nSPS) is 10.9. The molecule has 0 saturated carbocycles. The van der Waals surface area contributed by atoms with Gasteiger partial charge in [-0.25, -0.2) is 4.79 Å². The zero-order valence-corrected chi connectivity index (χ0v) is 13.9. The van der Waals surface area contributed by atoms with E-state index in [1.54, 1.807) is 0 Å². The highest BCUT2D eigenvalue weighted by molar-refractivity contribution is 5.96. The van der Waals surface area contributed by atoms with Crippen LogP contribution in [0.2, 0.25) is 0 Å². The van der Waals surface area contributed by atoms with Crippen LogP contribution in [-0.4, -0.2) is 30.6 Å². The zero-order valence-electron chi connectivity index (χ0n) is 13.9. The summed E-state index contributed by atoms with van der Waals surface area (Å²) in [7, 11) is 0. The molecule has 0 aliphatic carbocycles. The molecule has 1 aromatic rings. The molecule has 0 spiro atoms. The van der Waals surface area contributed by atoms with Crippen molar-refractivity contribution in [2.75, 3.05) is 18.4 Å². The van der Waals surface area contributed by atoms with Gasteiger partial charge in [-0.2, -0.15) is 0 Å². The Morgan fingerprint density at radius 3 is 2.27 bits per heavy atom. The minimum absolute atomic E-state index is 0.146. The van der Waals surface area contributed by atoms with Crippen LogP contribution in [0.4, 0.5) is 10.5 Å². The molecule has 0 fully saturated rings. The standard InChI is InChI=1S/C17H26N2O3/c1-5-15(20)13-7-9-14(10-8-13)18-11-6-12-19-16(21)22-17(2,3)4/h7-10,18H,5-6,11-12H2,1-4H3,(H,19,21). The Hall–Kier alpha value is -2.04. The van der Waals surface area contributed by atoms with Crippen LogP contribution in [0.3, 0.4) is 0 Å². The van der Waals surface area contributed by atoms with E-state index in [0.29, 0.717) is 13.0 Å². The number of ether oxygens (including phenoxy) is 1. The van der Waals surface area contributed by atoms with E-state index in [-0.39, 0.29) is 5.78 Å². The number of nitrogens with one attached hydrogen (secondary N) is 2. The van der Waals surface area contributed by atoms with E-state index in [9.17, 15) is 9.59 Å². The summed E-state index contributed by atoms with van der Waals surface area (Å²) in [4.78, 5) is 23.0. The van der Waals surface area contributed by atoms with E-state index in [1.165, 1.54) is 0 Å². The highest BCUT2D eigenvalue weighted by Gasteiger charge is 2.15. The molecule has 1 amide bonds. The third-order valence-electron chi connectivity index (χ3n) is 2.88. The molecule has 1 rings (SSSR count). The highest BCUT2D eigenvalue weighted by Crippen LogP contribution is 2.11. The summed E-state index contributed by atoms with van der Waals surface area (Å²) < 4.78 is 5.15. The number of anilines is 1. The maximum absolute atomic E-state index is 11.5. The van der Waals surface area contributed by atoms with Gasteiger partial charge in [-0.05, 0) is 51.5 Å². The average Bonchev–Trinajstić information content (AvgIpc) is 2.45. The van der Waals surface area contributed by atoms with Crippen molar-refractivity contribution in [3.05, 3.63) is 29.8 Å². The molecule has 22 heavy (non-hydrogen) atoms. The molecule has 1 aromatic carbocycles. The monoisotopic (exact) mass is 306 g/mol. The number of rotatable bonds is 7. The lowest BCUT2D eigenvalue weighted by Gasteiger charge is -2.19. The number of benzene rings is 1.